The van der Waals surface area contributed by atoms with Crippen LogP contribution in [0.15, 0.2) is 22.6 Å². The lowest BCUT2D eigenvalue weighted by atomic mass is 10.7. The van der Waals surface area contributed by atoms with Crippen molar-refractivity contribution in [3.8, 4) is 0 Å². The molecule has 0 bridgehead atoms. The first kappa shape index (κ1) is 11.1. The molecule has 0 saturated carbocycles. The summed E-state index contributed by atoms with van der Waals surface area (Å²) in [4.78, 5) is 13.5. The number of hydrogen-bond acceptors (Lipinski definition) is 4. The number of nitrogens with zero attached hydrogens (tertiary/aromatic N) is 3. The van der Waals surface area contributed by atoms with Crippen molar-refractivity contribution in [2.45, 2.75) is 6.73 Å². The minimum atomic E-state index is -0.544. The van der Waals surface area contributed by atoms with Crippen LogP contribution in [0.1, 0.15) is 0 Å². The second-order valence-corrected chi connectivity index (χ2v) is 3.03. The van der Waals surface area contributed by atoms with E-state index in [9.17, 15) is 10.1 Å². The van der Waals surface area contributed by atoms with E-state index < -0.39 is 4.92 Å². The number of rotatable bonds is 5. The van der Waals surface area contributed by atoms with Gasteiger partial charge in [-0.15, -0.1) is 0 Å². The molecule has 76 valence electrons. The fourth-order valence-corrected chi connectivity index (χ4v) is 1.04. The Morgan fingerprint density at radius 3 is 3.21 bits per heavy atom. The first-order valence-electron chi connectivity index (χ1n) is 3.74. The fourth-order valence-electron chi connectivity index (χ4n) is 0.830. The molecule has 7 heteroatoms. The molecule has 0 aliphatic carbocycles. The quantitative estimate of drug-likeness (QED) is 0.359. The second kappa shape index (κ2) is 5.70. The fraction of sp³-hybridized carbons (Fsp3) is 0.286. The van der Waals surface area contributed by atoms with Crippen LogP contribution < -0.4 is 0 Å². The summed E-state index contributed by atoms with van der Waals surface area (Å²) in [5, 5.41) is 10.4. The van der Waals surface area contributed by atoms with Gasteiger partial charge in [-0.05, 0) is 9.01 Å². The van der Waals surface area contributed by atoms with Gasteiger partial charge in [0.25, 0.3) is 0 Å². The Morgan fingerprint density at radius 2 is 2.57 bits per heavy atom. The van der Waals surface area contributed by atoms with Crippen molar-refractivity contribution in [3.63, 3.8) is 0 Å². The number of aromatic nitrogens is 2. The van der Waals surface area contributed by atoms with Gasteiger partial charge in [-0.3, -0.25) is 0 Å². The van der Waals surface area contributed by atoms with Crippen molar-refractivity contribution in [3.05, 3.63) is 32.7 Å². The van der Waals surface area contributed by atoms with E-state index in [1.165, 1.54) is 17.0 Å². The van der Waals surface area contributed by atoms with Crippen LogP contribution in [-0.2, 0) is 11.5 Å². The second-order valence-electron chi connectivity index (χ2n) is 2.32. The lowest BCUT2D eigenvalue weighted by Crippen LogP contribution is -2.05. The molecule has 1 aromatic rings. The van der Waals surface area contributed by atoms with Crippen molar-refractivity contribution in [1.29, 1.82) is 0 Å². The highest BCUT2D eigenvalue weighted by Crippen LogP contribution is 2.06. The highest BCUT2D eigenvalue weighted by molar-refractivity contribution is 14.1. The Bertz CT molecular complexity index is 337. The molecule has 0 aliphatic heterocycles. The van der Waals surface area contributed by atoms with Crippen LogP contribution in [-0.4, -0.2) is 21.1 Å². The molecule has 0 fully saturated rings. The summed E-state index contributed by atoms with van der Waals surface area (Å²) in [5.74, 6) is -0.205. The molecule has 0 aromatic carbocycles. The maximum Gasteiger partial charge on any atom is 0.436 e. The highest BCUT2D eigenvalue weighted by Gasteiger charge is 2.12. The van der Waals surface area contributed by atoms with Crippen molar-refractivity contribution < 1.29 is 9.66 Å². The highest BCUT2D eigenvalue weighted by atomic mass is 127. The van der Waals surface area contributed by atoms with E-state index in [4.69, 9.17) is 4.74 Å². The van der Waals surface area contributed by atoms with E-state index in [-0.39, 0.29) is 12.7 Å². The van der Waals surface area contributed by atoms with Crippen LogP contribution in [0.2, 0.25) is 0 Å². The van der Waals surface area contributed by atoms with Crippen LogP contribution in [0.4, 0.5) is 5.95 Å². The zero-order valence-electron chi connectivity index (χ0n) is 7.17. The summed E-state index contributed by atoms with van der Waals surface area (Å²) in [7, 11) is 0. The van der Waals surface area contributed by atoms with Gasteiger partial charge in [-0.1, -0.05) is 33.7 Å². The average molecular weight is 309 g/mol. The normalized spacial score (nSPS) is 10.9. The van der Waals surface area contributed by atoms with Crippen molar-refractivity contribution >= 4 is 28.5 Å². The zero-order valence-corrected chi connectivity index (χ0v) is 9.33. The van der Waals surface area contributed by atoms with Gasteiger partial charge < -0.3 is 14.9 Å². The van der Waals surface area contributed by atoms with Crippen molar-refractivity contribution in [2.75, 3.05) is 6.61 Å². The first-order chi connectivity index (χ1) is 6.75. The molecule has 1 heterocycles. The Labute approximate surface area is 93.9 Å². The maximum absolute atomic E-state index is 10.4. The first-order valence-corrected chi connectivity index (χ1v) is 4.98. The molecule has 0 amide bonds. The van der Waals surface area contributed by atoms with E-state index in [1.54, 1.807) is 0 Å². The van der Waals surface area contributed by atoms with E-state index >= 15 is 0 Å². The zero-order chi connectivity index (χ0) is 10.4. The van der Waals surface area contributed by atoms with Crippen molar-refractivity contribution in [2.24, 2.45) is 0 Å². The molecular formula is C7H8IN3O3. The number of imidazole rings is 1. The van der Waals surface area contributed by atoms with Crippen LogP contribution >= 0.6 is 22.6 Å². The third-order valence-corrected chi connectivity index (χ3v) is 1.90. The summed E-state index contributed by atoms with van der Waals surface area (Å²) in [6.07, 6.45) is 4.69. The molecule has 6 nitrogen and oxygen atoms in total. The number of hydrogen-bond donors (Lipinski definition) is 0. The van der Waals surface area contributed by atoms with E-state index in [0.717, 1.165) is 0 Å². The standard InChI is InChI=1S/C7H8IN3O3/c8-2-1-5-14-6-10-4-3-9-7(10)11(12)13/h1-4H,5-6H2/b2-1+. The monoisotopic (exact) mass is 309 g/mol. The van der Waals surface area contributed by atoms with Crippen molar-refractivity contribution in [1.82, 2.24) is 9.55 Å². The van der Waals surface area contributed by atoms with Crippen LogP contribution in [0.5, 0.6) is 0 Å². The molecule has 0 saturated heterocycles. The third-order valence-electron chi connectivity index (χ3n) is 1.39. The Morgan fingerprint density at radius 1 is 1.79 bits per heavy atom. The molecule has 0 spiro atoms. The van der Waals surface area contributed by atoms with Gasteiger partial charge in [0.05, 0.1) is 6.61 Å². The topological polar surface area (TPSA) is 70.2 Å². The molecule has 0 N–H and O–H groups in total. The lowest BCUT2D eigenvalue weighted by Gasteiger charge is -2.00. The minimum Gasteiger partial charge on any atom is -0.390 e. The molecule has 1 rings (SSSR count). The maximum atomic E-state index is 10.4. The summed E-state index contributed by atoms with van der Waals surface area (Å²) in [6, 6.07) is 0. The predicted octanol–water partition coefficient (Wildman–Crippen LogP) is 1.71. The summed E-state index contributed by atoms with van der Waals surface area (Å²) >= 11 is 2.07. The molecule has 0 unspecified atom stereocenters. The minimum absolute atomic E-state index is 0.136. The SMILES string of the molecule is O=[N+]([O-])c1nccn1COC/C=C/I. The van der Waals surface area contributed by atoms with Gasteiger partial charge in [0.1, 0.15) is 12.4 Å². The number of halogens is 1. The van der Waals surface area contributed by atoms with Crippen LogP contribution in [0.25, 0.3) is 0 Å². The van der Waals surface area contributed by atoms with E-state index in [2.05, 4.69) is 27.6 Å². The Hall–Kier alpha value is -0.960. The summed E-state index contributed by atoms with van der Waals surface area (Å²) < 4.78 is 8.29. The van der Waals surface area contributed by atoms with Gasteiger partial charge in [-0.2, -0.15) is 0 Å². The Balaban J connectivity index is 2.50. The lowest BCUT2D eigenvalue weighted by molar-refractivity contribution is -0.397. The number of nitro groups is 1. The largest absolute Gasteiger partial charge is 0.436 e. The summed E-state index contributed by atoms with van der Waals surface area (Å²) in [6.45, 7) is 0.565. The molecule has 14 heavy (non-hydrogen) atoms. The van der Waals surface area contributed by atoms with Gasteiger partial charge in [0.2, 0.25) is 0 Å². The van der Waals surface area contributed by atoms with E-state index in [0.29, 0.717) is 6.61 Å². The molecule has 1 aromatic heterocycles. The smallest absolute Gasteiger partial charge is 0.390 e. The third kappa shape index (κ3) is 3.07. The number of ether oxygens (including phenoxy) is 1. The van der Waals surface area contributed by atoms with E-state index in [1.807, 2.05) is 10.2 Å². The van der Waals surface area contributed by atoms with Crippen LogP contribution in [0.3, 0.4) is 0 Å². The Kier molecular flexibility index (Phi) is 4.53. The molecule has 0 radical (unpaired) electrons. The molecule has 0 atom stereocenters. The van der Waals surface area contributed by atoms with Gasteiger partial charge in [0.15, 0.2) is 6.73 Å². The van der Waals surface area contributed by atoms with Gasteiger partial charge in [0, 0.05) is 0 Å². The van der Waals surface area contributed by atoms with Gasteiger partial charge >= 0.3 is 5.95 Å². The van der Waals surface area contributed by atoms with Crippen LogP contribution in [0, 0.1) is 10.1 Å². The predicted molar refractivity (Wildman–Crippen MR) is 58.0 cm³/mol. The molecular weight excluding hydrogens is 301 g/mol. The summed E-state index contributed by atoms with van der Waals surface area (Å²) in [5.41, 5.74) is 0. The molecule has 0 aliphatic rings. The average Bonchev–Trinajstić information content (AvgIpc) is 2.60. The van der Waals surface area contributed by atoms with Gasteiger partial charge in [-0.25, -0.2) is 4.57 Å².